The van der Waals surface area contributed by atoms with Gasteiger partial charge in [-0.25, -0.2) is 8.78 Å². The molecule has 0 saturated heterocycles. The van der Waals surface area contributed by atoms with Crippen molar-refractivity contribution in [1.82, 2.24) is 0 Å². The summed E-state index contributed by atoms with van der Waals surface area (Å²) in [5.41, 5.74) is -1.05. The first-order valence-electron chi connectivity index (χ1n) is 4.66. The molecule has 0 aliphatic carbocycles. The van der Waals surface area contributed by atoms with Crippen LogP contribution in [0.3, 0.4) is 0 Å². The minimum absolute atomic E-state index is 0.160. The van der Waals surface area contributed by atoms with Gasteiger partial charge in [0.1, 0.15) is 11.4 Å². The van der Waals surface area contributed by atoms with Gasteiger partial charge in [0.05, 0.1) is 6.42 Å². The Bertz CT molecular complexity index is 402. The van der Waals surface area contributed by atoms with Crippen molar-refractivity contribution < 1.29 is 23.4 Å². The van der Waals surface area contributed by atoms with Gasteiger partial charge in [0, 0.05) is 6.07 Å². The molecule has 0 radical (unpaired) electrons. The first-order valence-corrected chi connectivity index (χ1v) is 4.66. The molecule has 0 aliphatic heterocycles. The molecule has 1 N–H and O–H groups in total. The minimum Gasteiger partial charge on any atom is -0.484 e. The van der Waals surface area contributed by atoms with E-state index in [0.29, 0.717) is 6.07 Å². The number of carboxylic acid groups (broad SMARTS) is 1. The SMILES string of the molecule is CC(C)(CC(=O)O)Oc1ccc(F)cc1F. The van der Waals surface area contributed by atoms with E-state index in [1.165, 1.54) is 13.8 Å². The van der Waals surface area contributed by atoms with Crippen molar-refractivity contribution in [2.75, 3.05) is 0 Å². The van der Waals surface area contributed by atoms with Gasteiger partial charge in [-0.1, -0.05) is 0 Å². The highest BCUT2D eigenvalue weighted by Crippen LogP contribution is 2.24. The van der Waals surface area contributed by atoms with Gasteiger partial charge in [-0.3, -0.25) is 4.79 Å². The average Bonchev–Trinajstić information content (AvgIpc) is 2.07. The lowest BCUT2D eigenvalue weighted by Gasteiger charge is -2.24. The van der Waals surface area contributed by atoms with Gasteiger partial charge in [-0.05, 0) is 26.0 Å². The van der Waals surface area contributed by atoms with Crippen LogP contribution in [0.2, 0.25) is 0 Å². The molecule has 0 atom stereocenters. The Morgan fingerprint density at radius 1 is 1.44 bits per heavy atom. The molecule has 1 aromatic carbocycles. The summed E-state index contributed by atoms with van der Waals surface area (Å²) in [7, 11) is 0. The fourth-order valence-corrected chi connectivity index (χ4v) is 1.26. The van der Waals surface area contributed by atoms with E-state index in [0.717, 1.165) is 12.1 Å². The Morgan fingerprint density at radius 3 is 2.56 bits per heavy atom. The normalized spacial score (nSPS) is 11.2. The summed E-state index contributed by atoms with van der Waals surface area (Å²) in [5.74, 6) is -2.76. The van der Waals surface area contributed by atoms with Gasteiger partial charge in [0.15, 0.2) is 11.6 Å². The van der Waals surface area contributed by atoms with Gasteiger partial charge in [0.25, 0.3) is 0 Å². The fraction of sp³-hybridized carbons (Fsp3) is 0.364. The van der Waals surface area contributed by atoms with Crippen LogP contribution in [-0.2, 0) is 4.79 Å². The van der Waals surface area contributed by atoms with Crippen LogP contribution in [0.15, 0.2) is 18.2 Å². The lowest BCUT2D eigenvalue weighted by molar-refractivity contribution is -0.140. The Morgan fingerprint density at radius 2 is 2.06 bits per heavy atom. The van der Waals surface area contributed by atoms with Gasteiger partial charge >= 0.3 is 5.97 Å². The number of benzene rings is 1. The number of aliphatic carboxylic acids is 1. The molecule has 0 saturated carbocycles. The maximum Gasteiger partial charge on any atom is 0.307 e. The van der Waals surface area contributed by atoms with Crippen LogP contribution >= 0.6 is 0 Å². The van der Waals surface area contributed by atoms with Crippen molar-refractivity contribution in [2.45, 2.75) is 25.9 Å². The van der Waals surface area contributed by atoms with Crippen LogP contribution in [0, 0.1) is 11.6 Å². The van der Waals surface area contributed by atoms with Crippen LogP contribution in [0.1, 0.15) is 20.3 Å². The molecule has 1 rings (SSSR count). The van der Waals surface area contributed by atoms with Crippen molar-refractivity contribution in [3.05, 3.63) is 29.8 Å². The molecule has 0 amide bonds. The first kappa shape index (κ1) is 12.4. The molecule has 0 aliphatic rings. The van der Waals surface area contributed by atoms with E-state index >= 15 is 0 Å². The molecule has 0 unspecified atom stereocenters. The monoisotopic (exact) mass is 230 g/mol. The van der Waals surface area contributed by atoms with E-state index in [1.807, 2.05) is 0 Å². The van der Waals surface area contributed by atoms with Crippen LogP contribution in [-0.4, -0.2) is 16.7 Å². The van der Waals surface area contributed by atoms with Gasteiger partial charge in [-0.2, -0.15) is 0 Å². The highest BCUT2D eigenvalue weighted by atomic mass is 19.1. The van der Waals surface area contributed by atoms with Crippen molar-refractivity contribution in [3.8, 4) is 5.75 Å². The molecular weight excluding hydrogens is 218 g/mol. The molecule has 88 valence electrons. The van der Waals surface area contributed by atoms with E-state index in [-0.39, 0.29) is 12.2 Å². The second kappa shape index (κ2) is 4.47. The van der Waals surface area contributed by atoms with Crippen LogP contribution in [0.4, 0.5) is 8.78 Å². The molecule has 0 heterocycles. The minimum atomic E-state index is -1.05. The second-order valence-corrected chi connectivity index (χ2v) is 4.01. The fourth-order valence-electron chi connectivity index (χ4n) is 1.26. The Kier molecular flexibility index (Phi) is 3.47. The van der Waals surface area contributed by atoms with E-state index in [2.05, 4.69) is 0 Å². The molecular formula is C11H12F2O3. The topological polar surface area (TPSA) is 46.5 Å². The molecule has 0 bridgehead atoms. The second-order valence-electron chi connectivity index (χ2n) is 4.01. The largest absolute Gasteiger partial charge is 0.484 e. The maximum absolute atomic E-state index is 13.2. The molecule has 0 aromatic heterocycles. The Hall–Kier alpha value is -1.65. The first-order chi connectivity index (χ1) is 7.30. The summed E-state index contributed by atoms with van der Waals surface area (Å²) in [6, 6.07) is 2.87. The number of carboxylic acids is 1. The van der Waals surface area contributed by atoms with Crippen molar-refractivity contribution >= 4 is 5.97 Å². The Balaban J connectivity index is 2.83. The van der Waals surface area contributed by atoms with Gasteiger partial charge in [0.2, 0.25) is 0 Å². The van der Waals surface area contributed by atoms with Crippen molar-refractivity contribution in [2.24, 2.45) is 0 Å². The number of halogens is 2. The highest BCUT2D eigenvalue weighted by molar-refractivity contribution is 5.68. The summed E-state index contributed by atoms with van der Waals surface area (Å²) in [5, 5.41) is 8.61. The summed E-state index contributed by atoms with van der Waals surface area (Å²) in [6.45, 7) is 3.04. The molecule has 0 fully saturated rings. The smallest absolute Gasteiger partial charge is 0.307 e. The lowest BCUT2D eigenvalue weighted by atomic mass is 10.1. The summed E-state index contributed by atoms with van der Waals surface area (Å²) < 4.78 is 31.0. The summed E-state index contributed by atoms with van der Waals surface area (Å²) in [4.78, 5) is 10.5. The Labute approximate surface area is 91.7 Å². The number of hydrogen-bond donors (Lipinski definition) is 1. The van der Waals surface area contributed by atoms with Crippen LogP contribution in [0.5, 0.6) is 5.75 Å². The summed E-state index contributed by atoms with van der Waals surface area (Å²) >= 11 is 0. The van der Waals surface area contributed by atoms with Gasteiger partial charge in [-0.15, -0.1) is 0 Å². The molecule has 0 spiro atoms. The van der Waals surface area contributed by atoms with E-state index in [4.69, 9.17) is 9.84 Å². The molecule has 1 aromatic rings. The van der Waals surface area contributed by atoms with E-state index in [9.17, 15) is 13.6 Å². The summed E-state index contributed by atoms with van der Waals surface area (Å²) in [6.07, 6.45) is -0.274. The van der Waals surface area contributed by atoms with Gasteiger partial charge < -0.3 is 9.84 Å². The third kappa shape index (κ3) is 3.49. The molecule has 16 heavy (non-hydrogen) atoms. The van der Waals surface area contributed by atoms with Crippen LogP contribution < -0.4 is 4.74 Å². The zero-order chi connectivity index (χ0) is 12.3. The van der Waals surface area contributed by atoms with E-state index in [1.54, 1.807) is 0 Å². The number of rotatable bonds is 4. The molecule has 3 nitrogen and oxygen atoms in total. The third-order valence-electron chi connectivity index (χ3n) is 1.86. The zero-order valence-corrected chi connectivity index (χ0v) is 8.96. The lowest BCUT2D eigenvalue weighted by Crippen LogP contribution is -2.31. The zero-order valence-electron chi connectivity index (χ0n) is 8.96. The standard InChI is InChI=1S/C11H12F2O3/c1-11(2,6-10(14)15)16-9-4-3-7(12)5-8(9)13/h3-5H,6H2,1-2H3,(H,14,15). The highest BCUT2D eigenvalue weighted by Gasteiger charge is 2.25. The number of carbonyl (C=O) groups is 1. The third-order valence-corrected chi connectivity index (χ3v) is 1.86. The molecule has 5 heteroatoms. The van der Waals surface area contributed by atoms with E-state index < -0.39 is 23.2 Å². The number of hydrogen-bond acceptors (Lipinski definition) is 2. The predicted octanol–water partition coefficient (Wildman–Crippen LogP) is 2.60. The van der Waals surface area contributed by atoms with Crippen LogP contribution in [0.25, 0.3) is 0 Å². The van der Waals surface area contributed by atoms with Crippen molar-refractivity contribution in [1.29, 1.82) is 0 Å². The quantitative estimate of drug-likeness (QED) is 0.864. The predicted molar refractivity (Wildman–Crippen MR) is 53.3 cm³/mol. The maximum atomic E-state index is 13.2. The number of ether oxygens (including phenoxy) is 1. The average molecular weight is 230 g/mol. The van der Waals surface area contributed by atoms with Crippen molar-refractivity contribution in [3.63, 3.8) is 0 Å².